The van der Waals surface area contributed by atoms with Crippen molar-refractivity contribution in [3.63, 3.8) is 0 Å². The summed E-state index contributed by atoms with van der Waals surface area (Å²) in [5.74, 6) is -1.04. The summed E-state index contributed by atoms with van der Waals surface area (Å²) < 4.78 is 14.4. The zero-order valence-electron chi connectivity index (χ0n) is 15.4. The van der Waals surface area contributed by atoms with Gasteiger partial charge in [-0.25, -0.2) is 9.18 Å². The summed E-state index contributed by atoms with van der Waals surface area (Å²) in [6.45, 7) is 0.766. The molecule has 2 aliphatic heterocycles. The zero-order chi connectivity index (χ0) is 19.8. The van der Waals surface area contributed by atoms with Gasteiger partial charge in [0.05, 0.1) is 5.92 Å². The van der Waals surface area contributed by atoms with E-state index in [-0.39, 0.29) is 30.3 Å². The molecule has 0 spiro atoms. The number of amides is 4. The second kappa shape index (κ2) is 7.37. The fourth-order valence-electron chi connectivity index (χ4n) is 4.51. The number of nitrogens with one attached hydrogen (secondary N) is 1. The van der Waals surface area contributed by atoms with Gasteiger partial charge in [0.25, 0.3) is 5.91 Å². The van der Waals surface area contributed by atoms with E-state index in [9.17, 15) is 24.0 Å². The Morgan fingerprint density at radius 3 is 2.68 bits per heavy atom. The maximum atomic E-state index is 13.8. The smallest absolute Gasteiger partial charge is 0.324 e. The largest absolute Gasteiger partial charge is 0.619 e. The molecule has 2 saturated heterocycles. The zero-order valence-corrected chi connectivity index (χ0v) is 15.4. The first kappa shape index (κ1) is 18.6. The SMILES string of the molecule is O=C(c1ccc[n+]([O-])c1)N1CCC(N2C(=O)NC3CCC(F)CC3C2=O)CC1. The average molecular weight is 390 g/mol. The van der Waals surface area contributed by atoms with E-state index in [0.717, 1.165) is 0 Å². The number of carbonyl (C=O) groups is 3. The maximum absolute atomic E-state index is 13.8. The third-order valence-corrected chi connectivity index (χ3v) is 6.01. The van der Waals surface area contributed by atoms with E-state index in [4.69, 9.17) is 0 Å². The molecule has 3 unspecified atom stereocenters. The number of pyridine rings is 1. The van der Waals surface area contributed by atoms with Gasteiger partial charge in [-0.1, -0.05) is 0 Å². The van der Waals surface area contributed by atoms with Crippen molar-refractivity contribution in [1.29, 1.82) is 0 Å². The minimum atomic E-state index is -1.00. The monoisotopic (exact) mass is 390 g/mol. The molecule has 4 rings (SSSR count). The summed E-state index contributed by atoms with van der Waals surface area (Å²) in [7, 11) is 0. The summed E-state index contributed by atoms with van der Waals surface area (Å²) in [6.07, 6.45) is 3.48. The predicted molar refractivity (Wildman–Crippen MR) is 95.7 cm³/mol. The van der Waals surface area contributed by atoms with Gasteiger partial charge in [-0.05, 0) is 38.2 Å². The number of rotatable bonds is 2. The highest BCUT2D eigenvalue weighted by atomic mass is 19.1. The minimum absolute atomic E-state index is 0.154. The first-order valence-electron chi connectivity index (χ1n) is 9.70. The van der Waals surface area contributed by atoms with E-state index >= 15 is 0 Å². The highest BCUT2D eigenvalue weighted by molar-refractivity contribution is 5.99. The molecule has 1 aromatic heterocycles. The molecule has 8 nitrogen and oxygen atoms in total. The van der Waals surface area contributed by atoms with Crippen molar-refractivity contribution in [2.45, 2.75) is 50.4 Å². The van der Waals surface area contributed by atoms with E-state index in [1.54, 1.807) is 11.0 Å². The number of alkyl halides is 1. The molecule has 3 fully saturated rings. The van der Waals surface area contributed by atoms with Crippen molar-refractivity contribution >= 4 is 17.8 Å². The highest BCUT2D eigenvalue weighted by Gasteiger charge is 2.47. The number of imide groups is 1. The fraction of sp³-hybridized carbons (Fsp3) is 0.579. The molecule has 0 bridgehead atoms. The Bertz CT molecular complexity index is 796. The standard InChI is InChI=1S/C19H23FN4O4/c20-13-3-4-16-15(10-13)18(26)24(19(27)21-16)14-5-8-22(9-6-14)17(25)12-2-1-7-23(28)11-12/h1-2,7,11,13-16H,3-6,8-10H2,(H,21,27). The number of halogens is 1. The van der Waals surface area contributed by atoms with Crippen LogP contribution in [-0.2, 0) is 4.79 Å². The molecule has 3 heterocycles. The van der Waals surface area contributed by atoms with Crippen molar-refractivity contribution in [2.24, 2.45) is 5.92 Å². The van der Waals surface area contributed by atoms with E-state index in [1.807, 2.05) is 0 Å². The quantitative estimate of drug-likeness (QED) is 0.601. The van der Waals surface area contributed by atoms with Crippen LogP contribution in [0.5, 0.6) is 0 Å². The van der Waals surface area contributed by atoms with Gasteiger partial charge in [-0.15, -0.1) is 0 Å². The van der Waals surface area contributed by atoms with Crippen LogP contribution in [0.2, 0.25) is 0 Å². The van der Waals surface area contributed by atoms with Crippen LogP contribution >= 0.6 is 0 Å². The summed E-state index contributed by atoms with van der Waals surface area (Å²) in [4.78, 5) is 40.8. The van der Waals surface area contributed by atoms with Crippen LogP contribution in [0, 0.1) is 11.1 Å². The normalized spacial score (nSPS) is 28.7. The van der Waals surface area contributed by atoms with E-state index in [2.05, 4.69) is 5.32 Å². The highest BCUT2D eigenvalue weighted by Crippen LogP contribution is 2.33. The van der Waals surface area contributed by atoms with E-state index in [0.29, 0.717) is 49.1 Å². The summed E-state index contributed by atoms with van der Waals surface area (Å²) in [5, 5.41) is 14.2. The molecule has 3 atom stereocenters. The molecular weight excluding hydrogens is 367 g/mol. The molecule has 1 aromatic rings. The van der Waals surface area contributed by atoms with Gasteiger partial charge in [0.15, 0.2) is 12.4 Å². The van der Waals surface area contributed by atoms with E-state index < -0.39 is 18.1 Å². The van der Waals surface area contributed by atoms with Crippen molar-refractivity contribution in [1.82, 2.24) is 15.1 Å². The third-order valence-electron chi connectivity index (χ3n) is 6.01. The van der Waals surface area contributed by atoms with Gasteiger partial charge < -0.3 is 15.4 Å². The van der Waals surface area contributed by atoms with Gasteiger partial charge in [-0.3, -0.25) is 14.5 Å². The van der Waals surface area contributed by atoms with Gasteiger partial charge in [0, 0.05) is 31.2 Å². The lowest BCUT2D eigenvalue weighted by Gasteiger charge is -2.45. The molecule has 1 N–H and O–H groups in total. The number of hydrogen-bond acceptors (Lipinski definition) is 4. The number of carbonyl (C=O) groups excluding carboxylic acids is 3. The summed E-state index contributed by atoms with van der Waals surface area (Å²) >= 11 is 0. The Kier molecular flexibility index (Phi) is 4.91. The maximum Gasteiger partial charge on any atom is 0.324 e. The fourth-order valence-corrected chi connectivity index (χ4v) is 4.51. The number of fused-ring (bicyclic) bond motifs is 1. The van der Waals surface area contributed by atoms with Gasteiger partial charge in [0.1, 0.15) is 11.7 Å². The van der Waals surface area contributed by atoms with Gasteiger partial charge in [0.2, 0.25) is 5.91 Å². The van der Waals surface area contributed by atoms with Crippen molar-refractivity contribution < 1.29 is 23.5 Å². The summed E-state index contributed by atoms with van der Waals surface area (Å²) in [5.41, 5.74) is 0.307. The molecule has 0 radical (unpaired) electrons. The molecule has 28 heavy (non-hydrogen) atoms. The number of likely N-dealkylation sites (tertiary alicyclic amines) is 1. The molecule has 9 heteroatoms. The molecule has 0 aromatic carbocycles. The van der Waals surface area contributed by atoms with Gasteiger partial charge >= 0.3 is 6.03 Å². The lowest BCUT2D eigenvalue weighted by Crippen LogP contribution is -2.65. The predicted octanol–water partition coefficient (Wildman–Crippen LogP) is 0.983. The lowest BCUT2D eigenvalue weighted by molar-refractivity contribution is -0.605. The Morgan fingerprint density at radius 2 is 1.96 bits per heavy atom. The minimum Gasteiger partial charge on any atom is -0.619 e. The Morgan fingerprint density at radius 1 is 1.21 bits per heavy atom. The first-order chi connectivity index (χ1) is 13.4. The van der Waals surface area contributed by atoms with E-state index in [1.165, 1.54) is 23.4 Å². The van der Waals surface area contributed by atoms with Crippen molar-refractivity contribution in [2.75, 3.05) is 13.1 Å². The van der Waals surface area contributed by atoms with Crippen LogP contribution in [0.15, 0.2) is 24.5 Å². The van der Waals surface area contributed by atoms with Crippen molar-refractivity contribution in [3.8, 4) is 0 Å². The number of hydrogen-bond donors (Lipinski definition) is 1. The average Bonchev–Trinajstić information content (AvgIpc) is 2.69. The molecule has 1 saturated carbocycles. The molecule has 150 valence electrons. The Hall–Kier alpha value is -2.71. The second-order valence-corrected chi connectivity index (χ2v) is 7.76. The first-order valence-corrected chi connectivity index (χ1v) is 9.70. The summed E-state index contributed by atoms with van der Waals surface area (Å²) in [6, 6.07) is 2.10. The van der Waals surface area contributed by atoms with Crippen LogP contribution in [0.25, 0.3) is 0 Å². The third kappa shape index (κ3) is 3.41. The van der Waals surface area contributed by atoms with Crippen LogP contribution < -0.4 is 10.0 Å². The Balaban J connectivity index is 1.41. The second-order valence-electron chi connectivity index (χ2n) is 7.76. The van der Waals surface area contributed by atoms with Crippen molar-refractivity contribution in [3.05, 3.63) is 35.3 Å². The molecule has 4 amide bonds. The number of urea groups is 1. The number of piperidine rings is 1. The molecular formula is C19H23FN4O4. The van der Waals surface area contributed by atoms with Crippen LogP contribution in [0.4, 0.5) is 9.18 Å². The number of aromatic nitrogens is 1. The Labute approximate surface area is 161 Å². The van der Waals surface area contributed by atoms with Gasteiger partial charge in [-0.2, -0.15) is 4.73 Å². The molecule has 3 aliphatic rings. The van der Waals surface area contributed by atoms with Crippen LogP contribution in [0.3, 0.4) is 0 Å². The van der Waals surface area contributed by atoms with Crippen LogP contribution in [-0.4, -0.2) is 59.0 Å². The topological polar surface area (TPSA) is 96.7 Å². The number of nitrogens with zero attached hydrogens (tertiary/aromatic N) is 3. The van der Waals surface area contributed by atoms with Crippen LogP contribution in [0.1, 0.15) is 42.5 Å². The lowest BCUT2D eigenvalue weighted by atomic mass is 9.80. The molecule has 1 aliphatic carbocycles.